The first kappa shape index (κ1) is 15.7. The van der Waals surface area contributed by atoms with E-state index in [4.69, 9.17) is 4.74 Å². The Labute approximate surface area is 135 Å². The van der Waals surface area contributed by atoms with Gasteiger partial charge in [-0.1, -0.05) is 18.2 Å². The Bertz CT molecular complexity index is 659. The summed E-state index contributed by atoms with van der Waals surface area (Å²) in [6.07, 6.45) is 2.40. The number of nitrogens with zero attached hydrogens (tertiary/aromatic N) is 2. The van der Waals surface area contributed by atoms with Gasteiger partial charge in [-0.15, -0.1) is 0 Å². The molecule has 1 fully saturated rings. The van der Waals surface area contributed by atoms with Gasteiger partial charge in [0.25, 0.3) is 0 Å². The van der Waals surface area contributed by atoms with Crippen molar-refractivity contribution >= 4 is 11.8 Å². The maximum atomic E-state index is 13.6. The molecule has 1 saturated heterocycles. The van der Waals surface area contributed by atoms with Crippen molar-refractivity contribution in [1.29, 1.82) is 0 Å². The highest BCUT2D eigenvalue weighted by molar-refractivity contribution is 5.42. The molecule has 0 saturated carbocycles. The number of anilines is 2. The largest absolute Gasteiger partial charge is 0.376 e. The van der Waals surface area contributed by atoms with Crippen molar-refractivity contribution in [3.8, 4) is 0 Å². The normalized spacial score (nSPS) is 17.2. The third-order valence-electron chi connectivity index (χ3n) is 3.78. The van der Waals surface area contributed by atoms with Crippen LogP contribution in [0.2, 0.25) is 0 Å². The Morgan fingerprint density at radius 3 is 2.91 bits per heavy atom. The molecule has 0 amide bonds. The van der Waals surface area contributed by atoms with Gasteiger partial charge in [0.1, 0.15) is 11.6 Å². The minimum atomic E-state index is -0.220. The summed E-state index contributed by atoms with van der Waals surface area (Å²) in [6.45, 7) is 3.83. The molecule has 0 bridgehead atoms. The van der Waals surface area contributed by atoms with Crippen LogP contribution in [-0.4, -0.2) is 29.2 Å². The first-order valence-corrected chi connectivity index (χ1v) is 7.89. The molecule has 2 N–H and O–H groups in total. The van der Waals surface area contributed by atoms with Gasteiger partial charge in [0.2, 0.25) is 5.95 Å². The van der Waals surface area contributed by atoms with Crippen LogP contribution >= 0.6 is 0 Å². The summed E-state index contributed by atoms with van der Waals surface area (Å²) in [5.74, 6) is 1.02. The third kappa shape index (κ3) is 4.39. The van der Waals surface area contributed by atoms with E-state index in [0.29, 0.717) is 30.4 Å². The Morgan fingerprint density at radius 1 is 1.26 bits per heavy atom. The number of ether oxygens (including phenoxy) is 1. The highest BCUT2D eigenvalue weighted by Crippen LogP contribution is 2.15. The van der Waals surface area contributed by atoms with E-state index in [1.807, 2.05) is 19.1 Å². The summed E-state index contributed by atoms with van der Waals surface area (Å²) in [7, 11) is 0. The summed E-state index contributed by atoms with van der Waals surface area (Å²) in [6, 6.07) is 8.56. The average molecular weight is 316 g/mol. The van der Waals surface area contributed by atoms with E-state index in [1.165, 1.54) is 6.07 Å². The highest BCUT2D eigenvalue weighted by atomic mass is 19.1. The second-order valence-corrected chi connectivity index (χ2v) is 5.68. The Balaban J connectivity index is 1.61. The Morgan fingerprint density at radius 2 is 2.13 bits per heavy atom. The number of hydrogen-bond donors (Lipinski definition) is 2. The fraction of sp³-hybridized carbons (Fsp3) is 0.412. The second kappa shape index (κ2) is 7.37. The molecule has 1 aliphatic rings. The molecule has 23 heavy (non-hydrogen) atoms. The van der Waals surface area contributed by atoms with E-state index in [1.54, 1.807) is 12.1 Å². The standard InChI is InChI=1S/C17H21FN4O/c1-12-9-16(19-10-13-5-2-3-7-15(13)18)22-17(21-12)20-11-14-6-4-8-23-14/h2-3,5,7,9,14H,4,6,8,10-11H2,1H3,(H2,19,20,21,22). The van der Waals surface area contributed by atoms with E-state index in [0.717, 1.165) is 25.1 Å². The third-order valence-corrected chi connectivity index (χ3v) is 3.78. The van der Waals surface area contributed by atoms with Gasteiger partial charge in [-0.05, 0) is 25.8 Å². The molecule has 1 aliphatic heterocycles. The minimum absolute atomic E-state index is 0.220. The smallest absolute Gasteiger partial charge is 0.224 e. The van der Waals surface area contributed by atoms with Gasteiger partial charge in [-0.2, -0.15) is 4.98 Å². The summed E-state index contributed by atoms with van der Waals surface area (Å²) in [5, 5.41) is 6.36. The topological polar surface area (TPSA) is 59.1 Å². The SMILES string of the molecule is Cc1cc(NCc2ccccc2F)nc(NCC2CCCO2)n1. The van der Waals surface area contributed by atoms with E-state index in [-0.39, 0.29) is 11.9 Å². The lowest BCUT2D eigenvalue weighted by Gasteiger charge is -2.13. The number of halogens is 1. The summed E-state index contributed by atoms with van der Waals surface area (Å²) in [4.78, 5) is 8.80. The van der Waals surface area contributed by atoms with E-state index >= 15 is 0 Å². The van der Waals surface area contributed by atoms with Crippen LogP contribution in [0.5, 0.6) is 0 Å². The molecule has 0 radical (unpaired) electrons. The van der Waals surface area contributed by atoms with Crippen molar-refractivity contribution in [3.63, 3.8) is 0 Å². The Kier molecular flexibility index (Phi) is 5.02. The van der Waals surface area contributed by atoms with Gasteiger partial charge in [0, 0.05) is 37.0 Å². The molecule has 6 heteroatoms. The van der Waals surface area contributed by atoms with Gasteiger partial charge in [-0.3, -0.25) is 0 Å². The maximum absolute atomic E-state index is 13.6. The van der Waals surface area contributed by atoms with E-state index < -0.39 is 0 Å². The highest BCUT2D eigenvalue weighted by Gasteiger charge is 2.15. The molecule has 1 aromatic carbocycles. The maximum Gasteiger partial charge on any atom is 0.224 e. The second-order valence-electron chi connectivity index (χ2n) is 5.68. The van der Waals surface area contributed by atoms with E-state index in [2.05, 4.69) is 20.6 Å². The van der Waals surface area contributed by atoms with Crippen LogP contribution in [0.3, 0.4) is 0 Å². The van der Waals surface area contributed by atoms with Gasteiger partial charge < -0.3 is 15.4 Å². The fourth-order valence-corrected chi connectivity index (χ4v) is 2.58. The van der Waals surface area contributed by atoms with Crippen LogP contribution in [-0.2, 0) is 11.3 Å². The van der Waals surface area contributed by atoms with Crippen LogP contribution in [0.1, 0.15) is 24.1 Å². The summed E-state index contributed by atoms with van der Waals surface area (Å²) >= 11 is 0. The van der Waals surface area contributed by atoms with Crippen molar-refractivity contribution in [2.75, 3.05) is 23.8 Å². The van der Waals surface area contributed by atoms with E-state index in [9.17, 15) is 4.39 Å². The van der Waals surface area contributed by atoms with Crippen LogP contribution in [0.25, 0.3) is 0 Å². The first-order valence-electron chi connectivity index (χ1n) is 7.89. The zero-order valence-corrected chi connectivity index (χ0v) is 13.2. The van der Waals surface area contributed by atoms with Gasteiger partial charge in [0.15, 0.2) is 0 Å². The van der Waals surface area contributed by atoms with Gasteiger partial charge in [-0.25, -0.2) is 9.37 Å². The first-order chi connectivity index (χ1) is 11.2. The van der Waals surface area contributed by atoms with Gasteiger partial charge in [0.05, 0.1) is 6.10 Å². The predicted molar refractivity (Wildman–Crippen MR) is 88.0 cm³/mol. The molecule has 2 aromatic rings. The number of aromatic nitrogens is 2. The number of hydrogen-bond acceptors (Lipinski definition) is 5. The van der Waals surface area contributed by atoms with Gasteiger partial charge >= 0.3 is 0 Å². The lowest BCUT2D eigenvalue weighted by atomic mass is 10.2. The minimum Gasteiger partial charge on any atom is -0.376 e. The lowest BCUT2D eigenvalue weighted by molar-refractivity contribution is 0.120. The monoisotopic (exact) mass is 316 g/mol. The molecule has 1 unspecified atom stereocenters. The van der Waals surface area contributed by atoms with Crippen molar-refractivity contribution in [3.05, 3.63) is 47.4 Å². The lowest BCUT2D eigenvalue weighted by Crippen LogP contribution is -2.20. The van der Waals surface area contributed by atoms with Crippen molar-refractivity contribution < 1.29 is 9.13 Å². The van der Waals surface area contributed by atoms with Crippen molar-refractivity contribution in [1.82, 2.24) is 9.97 Å². The zero-order valence-electron chi connectivity index (χ0n) is 13.2. The van der Waals surface area contributed by atoms with Crippen LogP contribution in [0.15, 0.2) is 30.3 Å². The molecule has 1 atom stereocenters. The van der Waals surface area contributed by atoms with Crippen LogP contribution < -0.4 is 10.6 Å². The molecule has 2 heterocycles. The number of rotatable bonds is 6. The average Bonchev–Trinajstić information content (AvgIpc) is 3.05. The predicted octanol–water partition coefficient (Wildman–Crippen LogP) is 3.13. The number of nitrogens with one attached hydrogen (secondary N) is 2. The molecular weight excluding hydrogens is 295 g/mol. The molecular formula is C17H21FN4O. The van der Waals surface area contributed by atoms with Crippen LogP contribution in [0, 0.1) is 12.7 Å². The van der Waals surface area contributed by atoms with Crippen LogP contribution in [0.4, 0.5) is 16.2 Å². The zero-order chi connectivity index (χ0) is 16.1. The van der Waals surface area contributed by atoms with Crippen molar-refractivity contribution in [2.45, 2.75) is 32.4 Å². The molecule has 0 spiro atoms. The fourth-order valence-electron chi connectivity index (χ4n) is 2.58. The Hall–Kier alpha value is -2.21. The molecule has 3 rings (SSSR count). The molecule has 0 aliphatic carbocycles. The summed E-state index contributed by atoms with van der Waals surface area (Å²) in [5.41, 5.74) is 1.46. The molecule has 1 aromatic heterocycles. The number of benzene rings is 1. The molecule has 122 valence electrons. The van der Waals surface area contributed by atoms with Crippen molar-refractivity contribution in [2.24, 2.45) is 0 Å². The molecule has 5 nitrogen and oxygen atoms in total. The number of aryl methyl sites for hydroxylation is 1. The quantitative estimate of drug-likeness (QED) is 0.857. The summed E-state index contributed by atoms with van der Waals surface area (Å²) < 4.78 is 19.2.